The number of sulfonamides is 1. The molecule has 21 heavy (non-hydrogen) atoms. The zero-order valence-electron chi connectivity index (χ0n) is 12.2. The highest BCUT2D eigenvalue weighted by atomic mass is 32.2. The van der Waals surface area contributed by atoms with Crippen molar-refractivity contribution in [2.45, 2.75) is 56.0 Å². The van der Waals surface area contributed by atoms with Crippen LogP contribution in [0.25, 0.3) is 0 Å². The molecule has 1 aliphatic rings. The first-order valence-electron chi connectivity index (χ1n) is 7.23. The average Bonchev–Trinajstić information content (AvgIpc) is 2.64. The van der Waals surface area contributed by atoms with Gasteiger partial charge in [0, 0.05) is 12.1 Å². The molecule has 0 heterocycles. The Balaban J connectivity index is 2.21. The molecule has 2 rings (SSSR count). The van der Waals surface area contributed by atoms with E-state index in [0.717, 1.165) is 32.1 Å². The van der Waals surface area contributed by atoms with E-state index in [4.69, 9.17) is 11.0 Å². The Morgan fingerprint density at radius 2 is 2.00 bits per heavy atom. The lowest BCUT2D eigenvalue weighted by Crippen LogP contribution is -2.46. The van der Waals surface area contributed by atoms with Gasteiger partial charge < -0.3 is 5.73 Å². The maximum Gasteiger partial charge on any atom is 0.240 e. The van der Waals surface area contributed by atoms with Crippen molar-refractivity contribution >= 4 is 10.0 Å². The minimum atomic E-state index is -3.60. The van der Waals surface area contributed by atoms with E-state index >= 15 is 0 Å². The first-order chi connectivity index (χ1) is 9.94. The Morgan fingerprint density at radius 3 is 2.67 bits per heavy atom. The molecule has 2 unspecified atom stereocenters. The molecule has 1 aliphatic carbocycles. The van der Waals surface area contributed by atoms with E-state index in [-0.39, 0.29) is 17.0 Å². The molecule has 0 aromatic heterocycles. The fraction of sp³-hybridized carbons (Fsp3) is 0.533. The Morgan fingerprint density at radius 1 is 1.29 bits per heavy atom. The Labute approximate surface area is 126 Å². The molecule has 0 bridgehead atoms. The summed E-state index contributed by atoms with van der Waals surface area (Å²) in [5.74, 6) is 0. The van der Waals surface area contributed by atoms with E-state index in [0.29, 0.717) is 11.1 Å². The maximum atomic E-state index is 12.5. The summed E-state index contributed by atoms with van der Waals surface area (Å²) in [4.78, 5) is 0.190. The first kappa shape index (κ1) is 16.0. The van der Waals surface area contributed by atoms with Crippen LogP contribution in [-0.4, -0.2) is 20.5 Å². The van der Waals surface area contributed by atoms with Gasteiger partial charge in [0.25, 0.3) is 0 Å². The van der Waals surface area contributed by atoms with Crippen LogP contribution in [0.2, 0.25) is 0 Å². The molecule has 1 aromatic carbocycles. The highest BCUT2D eigenvalue weighted by Crippen LogP contribution is 2.20. The molecule has 3 N–H and O–H groups in total. The molecule has 0 amide bonds. The normalized spacial score (nSPS) is 23.3. The van der Waals surface area contributed by atoms with Gasteiger partial charge in [-0.3, -0.25) is 0 Å². The Bertz CT molecular complexity index is 649. The Hall–Kier alpha value is -1.42. The molecule has 1 aromatic rings. The van der Waals surface area contributed by atoms with Crippen molar-refractivity contribution in [2.24, 2.45) is 5.73 Å². The van der Waals surface area contributed by atoms with Gasteiger partial charge in [-0.1, -0.05) is 19.3 Å². The fourth-order valence-corrected chi connectivity index (χ4v) is 4.09. The molecule has 114 valence electrons. The number of nitrogens with one attached hydrogen (secondary N) is 1. The third-order valence-electron chi connectivity index (χ3n) is 4.00. The van der Waals surface area contributed by atoms with Crippen molar-refractivity contribution in [1.82, 2.24) is 4.72 Å². The molecular weight excluding hydrogens is 286 g/mol. The van der Waals surface area contributed by atoms with Crippen molar-refractivity contribution in [3.63, 3.8) is 0 Å². The molecule has 0 saturated heterocycles. The average molecular weight is 307 g/mol. The SMILES string of the molecule is Cc1cc(S(=O)(=O)NC2CCCCCC2N)ccc1C#N. The van der Waals surface area contributed by atoms with Crippen LogP contribution < -0.4 is 10.5 Å². The number of rotatable bonds is 3. The van der Waals surface area contributed by atoms with E-state index in [1.54, 1.807) is 6.92 Å². The largest absolute Gasteiger partial charge is 0.326 e. The van der Waals surface area contributed by atoms with Crippen LogP contribution in [-0.2, 0) is 10.0 Å². The van der Waals surface area contributed by atoms with Gasteiger partial charge in [0.05, 0.1) is 16.5 Å². The van der Waals surface area contributed by atoms with Gasteiger partial charge in [0.1, 0.15) is 0 Å². The molecule has 2 atom stereocenters. The zero-order valence-corrected chi connectivity index (χ0v) is 13.0. The standard InChI is InChI=1S/C15H21N3O2S/c1-11-9-13(8-7-12(11)10-16)21(19,20)18-15-6-4-2-3-5-14(15)17/h7-9,14-15,18H,2-6,17H2,1H3. The second-order valence-electron chi connectivity index (χ2n) is 5.62. The third kappa shape index (κ3) is 3.82. The molecule has 1 saturated carbocycles. The number of nitrogens with two attached hydrogens (primary N) is 1. The van der Waals surface area contributed by atoms with Crippen LogP contribution in [0.1, 0.15) is 43.2 Å². The maximum absolute atomic E-state index is 12.5. The number of aryl methyl sites for hydroxylation is 1. The minimum absolute atomic E-state index is 0.137. The number of nitriles is 1. The van der Waals surface area contributed by atoms with E-state index < -0.39 is 10.0 Å². The lowest BCUT2D eigenvalue weighted by Gasteiger charge is -2.22. The topological polar surface area (TPSA) is 96.0 Å². The summed E-state index contributed by atoms with van der Waals surface area (Å²) in [6, 6.07) is 6.22. The predicted molar refractivity (Wildman–Crippen MR) is 81.1 cm³/mol. The number of hydrogen-bond donors (Lipinski definition) is 2. The fourth-order valence-electron chi connectivity index (χ4n) is 2.68. The smallest absolute Gasteiger partial charge is 0.240 e. The Kier molecular flexibility index (Phi) is 4.99. The summed E-state index contributed by atoms with van der Waals surface area (Å²) in [6.07, 6.45) is 4.76. The predicted octanol–water partition coefficient (Wildman–Crippen LogP) is 1.80. The number of benzene rings is 1. The molecule has 0 spiro atoms. The summed E-state index contributed by atoms with van der Waals surface area (Å²) < 4.78 is 27.7. The van der Waals surface area contributed by atoms with Crippen LogP contribution in [0.15, 0.2) is 23.1 Å². The second kappa shape index (κ2) is 6.56. The zero-order chi connectivity index (χ0) is 15.5. The van der Waals surface area contributed by atoms with E-state index in [2.05, 4.69) is 4.72 Å². The van der Waals surface area contributed by atoms with E-state index in [9.17, 15) is 8.42 Å². The van der Waals surface area contributed by atoms with Gasteiger partial charge in [0.2, 0.25) is 10.0 Å². The lowest BCUT2D eigenvalue weighted by atomic mass is 10.1. The van der Waals surface area contributed by atoms with E-state index in [1.807, 2.05) is 6.07 Å². The van der Waals surface area contributed by atoms with Crippen LogP contribution in [0.4, 0.5) is 0 Å². The number of nitrogens with zero attached hydrogens (tertiary/aromatic N) is 1. The second-order valence-corrected chi connectivity index (χ2v) is 7.33. The molecule has 1 fully saturated rings. The summed E-state index contributed by atoms with van der Waals surface area (Å²) >= 11 is 0. The first-order valence-corrected chi connectivity index (χ1v) is 8.71. The van der Waals surface area contributed by atoms with Gasteiger partial charge in [-0.05, 0) is 43.5 Å². The van der Waals surface area contributed by atoms with Crippen molar-refractivity contribution < 1.29 is 8.42 Å². The molecule has 6 heteroatoms. The summed E-state index contributed by atoms with van der Waals surface area (Å²) in [7, 11) is -3.60. The molecular formula is C15H21N3O2S. The van der Waals surface area contributed by atoms with Crippen LogP contribution in [0, 0.1) is 18.3 Å². The van der Waals surface area contributed by atoms with Gasteiger partial charge in [-0.15, -0.1) is 0 Å². The quantitative estimate of drug-likeness (QED) is 0.832. The molecule has 0 aliphatic heterocycles. The van der Waals surface area contributed by atoms with Gasteiger partial charge >= 0.3 is 0 Å². The highest BCUT2D eigenvalue weighted by molar-refractivity contribution is 7.89. The van der Waals surface area contributed by atoms with Crippen LogP contribution in [0.5, 0.6) is 0 Å². The molecule has 5 nitrogen and oxygen atoms in total. The van der Waals surface area contributed by atoms with Crippen LogP contribution >= 0.6 is 0 Å². The summed E-state index contributed by atoms with van der Waals surface area (Å²) in [5.41, 5.74) is 7.21. The van der Waals surface area contributed by atoms with Crippen molar-refractivity contribution in [3.05, 3.63) is 29.3 Å². The van der Waals surface area contributed by atoms with Gasteiger partial charge in [0.15, 0.2) is 0 Å². The monoisotopic (exact) mass is 307 g/mol. The van der Waals surface area contributed by atoms with Gasteiger partial charge in [-0.2, -0.15) is 5.26 Å². The number of hydrogen-bond acceptors (Lipinski definition) is 4. The molecule has 0 radical (unpaired) electrons. The van der Waals surface area contributed by atoms with E-state index in [1.165, 1.54) is 18.2 Å². The summed E-state index contributed by atoms with van der Waals surface area (Å²) in [5, 5.41) is 8.91. The van der Waals surface area contributed by atoms with Crippen molar-refractivity contribution in [1.29, 1.82) is 5.26 Å². The van der Waals surface area contributed by atoms with Crippen molar-refractivity contribution in [3.8, 4) is 6.07 Å². The van der Waals surface area contributed by atoms with Crippen molar-refractivity contribution in [2.75, 3.05) is 0 Å². The minimum Gasteiger partial charge on any atom is -0.326 e. The highest BCUT2D eigenvalue weighted by Gasteiger charge is 2.26. The summed E-state index contributed by atoms with van der Waals surface area (Å²) in [6.45, 7) is 1.73. The van der Waals surface area contributed by atoms with Gasteiger partial charge in [-0.25, -0.2) is 13.1 Å². The van der Waals surface area contributed by atoms with Crippen LogP contribution in [0.3, 0.4) is 0 Å². The third-order valence-corrected chi connectivity index (χ3v) is 5.49. The lowest BCUT2D eigenvalue weighted by molar-refractivity contribution is 0.456.